The molecule has 2 rings (SSSR count). The Labute approximate surface area is 131 Å². The molecule has 1 atom stereocenters. The quantitative estimate of drug-likeness (QED) is 0.837. The second-order valence-electron chi connectivity index (χ2n) is 8.31. The molecule has 4 heteroatoms. The van der Waals surface area contributed by atoms with Crippen LogP contribution in [-0.2, 0) is 4.74 Å². The lowest BCUT2D eigenvalue weighted by Gasteiger charge is -2.41. The van der Waals surface area contributed by atoms with Crippen molar-refractivity contribution >= 4 is 0 Å². The van der Waals surface area contributed by atoms with Crippen molar-refractivity contribution in [1.29, 1.82) is 0 Å². The van der Waals surface area contributed by atoms with Crippen LogP contribution < -0.4 is 5.32 Å². The molecule has 0 bridgehead atoms. The molecule has 0 saturated carbocycles. The van der Waals surface area contributed by atoms with Gasteiger partial charge < -0.3 is 15.0 Å². The maximum absolute atomic E-state index is 5.75. The summed E-state index contributed by atoms with van der Waals surface area (Å²) in [6, 6.07) is 0.679. The highest BCUT2D eigenvalue weighted by Crippen LogP contribution is 2.30. The molecular formula is C17H35N3O. The van der Waals surface area contributed by atoms with Crippen molar-refractivity contribution in [2.75, 3.05) is 52.5 Å². The Morgan fingerprint density at radius 2 is 1.81 bits per heavy atom. The molecule has 1 N–H and O–H groups in total. The highest BCUT2D eigenvalue weighted by atomic mass is 16.5. The van der Waals surface area contributed by atoms with E-state index in [1.165, 1.54) is 39.1 Å². The Morgan fingerprint density at radius 1 is 1.14 bits per heavy atom. The van der Waals surface area contributed by atoms with Crippen LogP contribution in [-0.4, -0.2) is 73.9 Å². The molecule has 0 radical (unpaired) electrons. The van der Waals surface area contributed by atoms with E-state index in [0.29, 0.717) is 11.5 Å². The minimum atomic E-state index is 0.186. The SMILES string of the molecule is CC(C)N1CCN(CC2(CNC(C)(C)C)CCOC2)CC1. The number of nitrogens with one attached hydrogen (secondary N) is 1. The molecule has 1 unspecified atom stereocenters. The second-order valence-corrected chi connectivity index (χ2v) is 8.31. The van der Waals surface area contributed by atoms with Crippen LogP contribution in [0.1, 0.15) is 41.0 Å². The van der Waals surface area contributed by atoms with Crippen LogP contribution in [0.5, 0.6) is 0 Å². The van der Waals surface area contributed by atoms with Crippen LogP contribution in [0.25, 0.3) is 0 Å². The van der Waals surface area contributed by atoms with Crippen LogP contribution in [0, 0.1) is 5.41 Å². The van der Waals surface area contributed by atoms with E-state index in [0.717, 1.165) is 19.8 Å². The average molecular weight is 297 g/mol. The van der Waals surface area contributed by atoms with Gasteiger partial charge in [-0.1, -0.05) is 0 Å². The Bertz CT molecular complexity index is 310. The van der Waals surface area contributed by atoms with Crippen molar-refractivity contribution in [2.24, 2.45) is 5.41 Å². The lowest BCUT2D eigenvalue weighted by Crippen LogP contribution is -2.54. The summed E-state index contributed by atoms with van der Waals surface area (Å²) in [5.74, 6) is 0. The Morgan fingerprint density at radius 3 is 2.29 bits per heavy atom. The summed E-state index contributed by atoms with van der Waals surface area (Å²) in [6.45, 7) is 20.3. The lowest BCUT2D eigenvalue weighted by atomic mass is 9.85. The number of hydrogen-bond acceptors (Lipinski definition) is 4. The monoisotopic (exact) mass is 297 g/mol. The van der Waals surface area contributed by atoms with Crippen molar-refractivity contribution in [1.82, 2.24) is 15.1 Å². The van der Waals surface area contributed by atoms with Crippen molar-refractivity contribution in [2.45, 2.75) is 52.6 Å². The van der Waals surface area contributed by atoms with E-state index < -0.39 is 0 Å². The van der Waals surface area contributed by atoms with Crippen LogP contribution in [0.4, 0.5) is 0 Å². The van der Waals surface area contributed by atoms with Gasteiger partial charge in [-0.2, -0.15) is 0 Å². The number of rotatable bonds is 5. The van der Waals surface area contributed by atoms with Gasteiger partial charge in [-0.3, -0.25) is 4.90 Å². The first-order chi connectivity index (χ1) is 9.80. The molecule has 2 aliphatic rings. The van der Waals surface area contributed by atoms with Crippen LogP contribution >= 0.6 is 0 Å². The predicted octanol–water partition coefficient (Wildman–Crippen LogP) is 1.81. The van der Waals surface area contributed by atoms with Crippen molar-refractivity contribution in [3.8, 4) is 0 Å². The number of piperazine rings is 1. The molecule has 0 aliphatic carbocycles. The summed E-state index contributed by atoms with van der Waals surface area (Å²) in [5.41, 5.74) is 0.499. The number of hydrogen-bond donors (Lipinski definition) is 1. The smallest absolute Gasteiger partial charge is 0.0547 e. The fraction of sp³-hybridized carbons (Fsp3) is 1.00. The molecule has 124 valence electrons. The minimum Gasteiger partial charge on any atom is -0.381 e. The molecule has 0 spiro atoms. The molecule has 0 aromatic carbocycles. The molecule has 21 heavy (non-hydrogen) atoms. The normalized spacial score (nSPS) is 29.4. The number of ether oxygens (including phenoxy) is 1. The predicted molar refractivity (Wildman–Crippen MR) is 88.8 cm³/mol. The molecule has 2 heterocycles. The Hall–Kier alpha value is -0.160. The fourth-order valence-electron chi connectivity index (χ4n) is 3.33. The zero-order valence-electron chi connectivity index (χ0n) is 14.7. The van der Waals surface area contributed by atoms with Crippen molar-refractivity contribution in [3.05, 3.63) is 0 Å². The van der Waals surface area contributed by atoms with Crippen LogP contribution in [0.15, 0.2) is 0 Å². The van der Waals surface area contributed by atoms with E-state index in [2.05, 4.69) is 49.7 Å². The highest BCUT2D eigenvalue weighted by Gasteiger charge is 2.38. The van der Waals surface area contributed by atoms with Gasteiger partial charge in [0.15, 0.2) is 0 Å². The Kier molecular flexibility index (Phi) is 5.69. The van der Waals surface area contributed by atoms with Gasteiger partial charge in [0.1, 0.15) is 0 Å². The summed E-state index contributed by atoms with van der Waals surface area (Å²) >= 11 is 0. The first kappa shape index (κ1) is 17.2. The van der Waals surface area contributed by atoms with Gasteiger partial charge in [0, 0.05) is 62.9 Å². The zero-order valence-corrected chi connectivity index (χ0v) is 14.7. The summed E-state index contributed by atoms with van der Waals surface area (Å²) in [6.07, 6.45) is 1.19. The fourth-order valence-corrected chi connectivity index (χ4v) is 3.33. The second kappa shape index (κ2) is 6.95. The van der Waals surface area contributed by atoms with E-state index in [-0.39, 0.29) is 5.54 Å². The third-order valence-electron chi connectivity index (χ3n) is 4.87. The summed E-state index contributed by atoms with van der Waals surface area (Å²) in [4.78, 5) is 5.24. The van der Waals surface area contributed by atoms with Crippen molar-refractivity contribution in [3.63, 3.8) is 0 Å². The average Bonchev–Trinajstić information content (AvgIpc) is 2.85. The first-order valence-electron chi connectivity index (χ1n) is 8.59. The zero-order chi connectivity index (χ0) is 15.5. The minimum absolute atomic E-state index is 0.186. The standard InChI is InChI=1S/C17H35N3O/c1-15(2)20-9-7-19(8-10-20)13-17(6-11-21-14-17)12-18-16(3,4)5/h15,18H,6-14H2,1-5H3. The number of nitrogens with zero attached hydrogens (tertiary/aromatic N) is 2. The van der Waals surface area contributed by atoms with Gasteiger partial charge in [-0.25, -0.2) is 0 Å². The van der Waals surface area contributed by atoms with Crippen LogP contribution in [0.2, 0.25) is 0 Å². The van der Waals surface area contributed by atoms with Gasteiger partial charge >= 0.3 is 0 Å². The molecule has 0 amide bonds. The lowest BCUT2D eigenvalue weighted by molar-refractivity contribution is 0.0583. The first-order valence-corrected chi connectivity index (χ1v) is 8.59. The van der Waals surface area contributed by atoms with E-state index in [1.54, 1.807) is 0 Å². The highest BCUT2D eigenvalue weighted by molar-refractivity contribution is 4.91. The summed E-state index contributed by atoms with van der Waals surface area (Å²) in [7, 11) is 0. The molecule has 0 aromatic rings. The third kappa shape index (κ3) is 5.20. The molecule has 2 fully saturated rings. The Balaban J connectivity index is 1.86. The summed E-state index contributed by atoms with van der Waals surface area (Å²) < 4.78 is 5.75. The van der Waals surface area contributed by atoms with Crippen molar-refractivity contribution < 1.29 is 4.74 Å². The van der Waals surface area contributed by atoms with Crippen LogP contribution in [0.3, 0.4) is 0 Å². The van der Waals surface area contributed by atoms with E-state index in [1.807, 2.05) is 0 Å². The van der Waals surface area contributed by atoms with Gasteiger partial charge in [-0.15, -0.1) is 0 Å². The van der Waals surface area contributed by atoms with E-state index in [9.17, 15) is 0 Å². The van der Waals surface area contributed by atoms with Gasteiger partial charge in [0.25, 0.3) is 0 Å². The maximum Gasteiger partial charge on any atom is 0.0547 e. The van der Waals surface area contributed by atoms with Gasteiger partial charge in [-0.05, 0) is 41.0 Å². The molecular weight excluding hydrogens is 262 g/mol. The molecule has 2 saturated heterocycles. The third-order valence-corrected chi connectivity index (χ3v) is 4.87. The topological polar surface area (TPSA) is 27.7 Å². The van der Waals surface area contributed by atoms with Gasteiger partial charge in [0.2, 0.25) is 0 Å². The van der Waals surface area contributed by atoms with E-state index >= 15 is 0 Å². The largest absolute Gasteiger partial charge is 0.381 e. The maximum atomic E-state index is 5.75. The summed E-state index contributed by atoms with van der Waals surface area (Å²) in [5, 5.41) is 3.70. The molecule has 4 nitrogen and oxygen atoms in total. The van der Waals surface area contributed by atoms with E-state index in [4.69, 9.17) is 4.74 Å². The van der Waals surface area contributed by atoms with Gasteiger partial charge in [0.05, 0.1) is 6.61 Å². The molecule has 2 aliphatic heterocycles. The molecule has 0 aromatic heterocycles.